The van der Waals surface area contributed by atoms with E-state index < -0.39 is 0 Å². The van der Waals surface area contributed by atoms with Crippen molar-refractivity contribution in [2.75, 3.05) is 17.7 Å². The lowest BCUT2D eigenvalue weighted by molar-refractivity contribution is 0.379. The van der Waals surface area contributed by atoms with Gasteiger partial charge in [0.15, 0.2) is 11.5 Å². The van der Waals surface area contributed by atoms with Crippen LogP contribution in [0.1, 0.15) is 20.3 Å². The Kier molecular flexibility index (Phi) is 3.47. The number of nitrogens with one attached hydrogen (secondary N) is 2. The van der Waals surface area contributed by atoms with Crippen LogP contribution in [0.3, 0.4) is 0 Å². The Hall–Kier alpha value is -1.36. The highest BCUT2D eigenvalue weighted by atomic mass is 35.5. The molecule has 0 bridgehead atoms. The van der Waals surface area contributed by atoms with Gasteiger partial charge in [-0.15, -0.1) is 11.6 Å². The van der Waals surface area contributed by atoms with Crippen molar-refractivity contribution in [3.05, 3.63) is 12.7 Å². The second-order valence-corrected chi connectivity index (χ2v) is 5.16. The normalized spacial score (nSPS) is 11.9. The van der Waals surface area contributed by atoms with E-state index in [-0.39, 0.29) is 5.41 Å². The molecule has 0 fully saturated rings. The van der Waals surface area contributed by atoms with Crippen LogP contribution in [-0.2, 0) is 0 Å². The summed E-state index contributed by atoms with van der Waals surface area (Å²) in [6.45, 7) is 5.16. The average Bonchev–Trinajstić information content (AvgIpc) is 2.74. The van der Waals surface area contributed by atoms with Gasteiger partial charge in [0.25, 0.3) is 0 Å². The Morgan fingerprint density at radius 3 is 2.94 bits per heavy atom. The first-order valence-electron chi connectivity index (χ1n) is 5.56. The third-order valence-electron chi connectivity index (χ3n) is 2.73. The molecule has 2 heterocycles. The van der Waals surface area contributed by atoms with Crippen LogP contribution in [0.15, 0.2) is 12.7 Å². The van der Waals surface area contributed by atoms with E-state index in [4.69, 9.17) is 11.6 Å². The molecule has 0 saturated heterocycles. The van der Waals surface area contributed by atoms with Gasteiger partial charge in [-0.25, -0.2) is 15.0 Å². The summed E-state index contributed by atoms with van der Waals surface area (Å²) in [6, 6.07) is 0. The number of hydrogen-bond acceptors (Lipinski definition) is 4. The predicted molar refractivity (Wildman–Crippen MR) is 69.3 cm³/mol. The number of halogens is 1. The van der Waals surface area contributed by atoms with E-state index in [1.54, 1.807) is 6.33 Å². The highest BCUT2D eigenvalue weighted by molar-refractivity contribution is 6.17. The van der Waals surface area contributed by atoms with Gasteiger partial charge < -0.3 is 10.3 Å². The molecule has 0 saturated carbocycles. The van der Waals surface area contributed by atoms with Gasteiger partial charge in [-0.2, -0.15) is 0 Å². The van der Waals surface area contributed by atoms with Crippen molar-refractivity contribution in [2.45, 2.75) is 20.3 Å². The van der Waals surface area contributed by atoms with E-state index in [1.165, 1.54) is 6.33 Å². The highest BCUT2D eigenvalue weighted by Gasteiger charge is 2.17. The number of anilines is 1. The Morgan fingerprint density at radius 1 is 1.35 bits per heavy atom. The minimum atomic E-state index is 0.138. The second-order valence-electron chi connectivity index (χ2n) is 4.78. The van der Waals surface area contributed by atoms with Gasteiger partial charge in [0.2, 0.25) is 0 Å². The number of alkyl halides is 1. The van der Waals surface area contributed by atoms with Crippen molar-refractivity contribution >= 4 is 28.6 Å². The number of rotatable bonds is 5. The first-order valence-corrected chi connectivity index (χ1v) is 6.10. The van der Waals surface area contributed by atoms with Gasteiger partial charge in [-0.1, -0.05) is 13.8 Å². The molecule has 0 unspecified atom stereocenters. The van der Waals surface area contributed by atoms with Crippen LogP contribution in [0.4, 0.5) is 5.82 Å². The Bertz CT molecular complexity index is 493. The lowest BCUT2D eigenvalue weighted by Crippen LogP contribution is -2.24. The highest BCUT2D eigenvalue weighted by Crippen LogP contribution is 2.22. The maximum atomic E-state index is 5.78. The van der Waals surface area contributed by atoms with Crippen molar-refractivity contribution in [3.63, 3.8) is 0 Å². The minimum absolute atomic E-state index is 0.138. The summed E-state index contributed by atoms with van der Waals surface area (Å²) in [7, 11) is 0. The van der Waals surface area contributed by atoms with Crippen molar-refractivity contribution in [1.82, 2.24) is 19.9 Å². The van der Waals surface area contributed by atoms with Gasteiger partial charge in [0.1, 0.15) is 11.8 Å². The largest absolute Gasteiger partial charge is 0.368 e. The van der Waals surface area contributed by atoms with Crippen LogP contribution in [0.2, 0.25) is 0 Å². The third-order valence-corrected chi connectivity index (χ3v) is 2.92. The number of nitrogens with zero attached hydrogens (tertiary/aromatic N) is 3. The van der Waals surface area contributed by atoms with Gasteiger partial charge in [0.05, 0.1) is 6.33 Å². The fraction of sp³-hybridized carbons (Fsp3) is 0.545. The maximum Gasteiger partial charge on any atom is 0.182 e. The summed E-state index contributed by atoms with van der Waals surface area (Å²) in [5.41, 5.74) is 1.66. The van der Waals surface area contributed by atoms with Crippen LogP contribution in [0, 0.1) is 5.41 Å². The predicted octanol–water partition coefficient (Wildman–Crippen LogP) is 2.42. The SMILES string of the molecule is CC(C)(CCCl)CNc1ncnc2nc[nH]c12. The fourth-order valence-electron chi connectivity index (χ4n) is 1.57. The summed E-state index contributed by atoms with van der Waals surface area (Å²) in [6.07, 6.45) is 4.09. The van der Waals surface area contributed by atoms with E-state index >= 15 is 0 Å². The van der Waals surface area contributed by atoms with E-state index in [9.17, 15) is 0 Å². The molecule has 0 amide bonds. The van der Waals surface area contributed by atoms with E-state index in [1.807, 2.05) is 0 Å². The molecule has 0 atom stereocenters. The summed E-state index contributed by atoms with van der Waals surface area (Å²) in [5.74, 6) is 1.45. The molecule has 0 aliphatic rings. The molecule has 2 aromatic heterocycles. The molecule has 0 spiro atoms. The molecular weight excluding hydrogens is 238 g/mol. The molecule has 6 heteroatoms. The van der Waals surface area contributed by atoms with Crippen LogP contribution in [-0.4, -0.2) is 32.4 Å². The lowest BCUT2D eigenvalue weighted by Gasteiger charge is -2.24. The third kappa shape index (κ3) is 2.85. The van der Waals surface area contributed by atoms with Gasteiger partial charge >= 0.3 is 0 Å². The van der Waals surface area contributed by atoms with Crippen LogP contribution in [0.5, 0.6) is 0 Å². The molecule has 17 heavy (non-hydrogen) atoms. The van der Waals surface area contributed by atoms with Gasteiger partial charge in [-0.3, -0.25) is 0 Å². The molecule has 92 valence electrons. The molecule has 2 rings (SSSR count). The van der Waals surface area contributed by atoms with Gasteiger partial charge in [0, 0.05) is 12.4 Å². The molecule has 2 N–H and O–H groups in total. The average molecular weight is 254 g/mol. The van der Waals surface area contributed by atoms with Crippen LogP contribution in [0.25, 0.3) is 11.2 Å². The minimum Gasteiger partial charge on any atom is -0.368 e. The number of fused-ring (bicyclic) bond motifs is 1. The number of H-pyrrole nitrogens is 1. The quantitative estimate of drug-likeness (QED) is 0.803. The van der Waals surface area contributed by atoms with Crippen molar-refractivity contribution in [3.8, 4) is 0 Å². The number of aromatic amines is 1. The van der Waals surface area contributed by atoms with Crippen molar-refractivity contribution in [2.24, 2.45) is 5.41 Å². The summed E-state index contributed by atoms with van der Waals surface area (Å²) in [4.78, 5) is 15.4. The van der Waals surface area contributed by atoms with Gasteiger partial charge in [-0.05, 0) is 11.8 Å². The van der Waals surface area contributed by atoms with Crippen LogP contribution < -0.4 is 5.32 Å². The standard InChI is InChI=1S/C11H16ClN5/c1-11(2,3-4-12)5-13-9-8-10(15-6-14-8)17-7-16-9/h6-7H,3-5H2,1-2H3,(H2,13,14,15,16,17). The maximum absolute atomic E-state index is 5.78. The lowest BCUT2D eigenvalue weighted by atomic mass is 9.90. The topological polar surface area (TPSA) is 66.5 Å². The van der Waals surface area contributed by atoms with Crippen molar-refractivity contribution in [1.29, 1.82) is 0 Å². The smallest absolute Gasteiger partial charge is 0.182 e. The number of aromatic nitrogens is 4. The zero-order valence-corrected chi connectivity index (χ0v) is 10.8. The van der Waals surface area contributed by atoms with E-state index in [0.717, 1.165) is 24.3 Å². The molecule has 0 radical (unpaired) electrons. The van der Waals surface area contributed by atoms with Crippen molar-refractivity contribution < 1.29 is 0 Å². The molecular formula is C11H16ClN5. The Balaban J connectivity index is 2.11. The Morgan fingerprint density at radius 2 is 2.18 bits per heavy atom. The zero-order chi connectivity index (χ0) is 12.3. The first-order chi connectivity index (χ1) is 8.12. The monoisotopic (exact) mass is 253 g/mol. The molecule has 2 aromatic rings. The number of hydrogen-bond donors (Lipinski definition) is 2. The Labute approximate surface area is 105 Å². The summed E-state index contributed by atoms with van der Waals surface area (Å²) >= 11 is 5.78. The molecule has 5 nitrogen and oxygen atoms in total. The molecule has 0 aliphatic heterocycles. The second kappa shape index (κ2) is 4.87. The molecule has 0 aliphatic carbocycles. The first kappa shape index (κ1) is 12.1. The molecule has 0 aromatic carbocycles. The summed E-state index contributed by atoms with van der Waals surface area (Å²) in [5, 5.41) is 3.32. The van der Waals surface area contributed by atoms with E-state index in [2.05, 4.69) is 39.1 Å². The zero-order valence-electron chi connectivity index (χ0n) is 10.00. The number of imidazole rings is 1. The van der Waals surface area contributed by atoms with E-state index in [0.29, 0.717) is 11.5 Å². The fourth-order valence-corrected chi connectivity index (χ4v) is 2.08. The summed E-state index contributed by atoms with van der Waals surface area (Å²) < 4.78 is 0. The van der Waals surface area contributed by atoms with Crippen LogP contribution >= 0.6 is 11.6 Å².